The molecule has 33 heavy (non-hydrogen) atoms. The summed E-state index contributed by atoms with van der Waals surface area (Å²) >= 11 is 7.28. The predicted molar refractivity (Wildman–Crippen MR) is 123 cm³/mol. The molecule has 2 aliphatic carbocycles. The highest BCUT2D eigenvalue weighted by Gasteiger charge is 2.67. The van der Waals surface area contributed by atoms with Crippen LogP contribution >= 0.6 is 31.9 Å². The van der Waals surface area contributed by atoms with E-state index in [1.807, 2.05) is 0 Å². The minimum atomic E-state index is -1.12. The summed E-state index contributed by atoms with van der Waals surface area (Å²) in [4.78, 5) is 63.3. The molecule has 2 saturated carbocycles. The highest BCUT2D eigenvalue weighted by Crippen LogP contribution is 2.60. The number of nitro benzene ring substituents is 1. The van der Waals surface area contributed by atoms with E-state index in [1.54, 1.807) is 13.8 Å². The molecule has 4 rings (SSSR count). The quantitative estimate of drug-likeness (QED) is 0.120. The number of likely N-dealkylation sites (tertiary alicyclic amines) is 1. The molecule has 2 bridgehead atoms. The molecular formula is C22H22Br2N2O7. The third kappa shape index (κ3) is 3.92. The van der Waals surface area contributed by atoms with E-state index in [2.05, 4.69) is 31.9 Å². The number of esters is 1. The van der Waals surface area contributed by atoms with Gasteiger partial charge < -0.3 is 4.74 Å². The zero-order valence-corrected chi connectivity index (χ0v) is 21.0. The zero-order chi connectivity index (χ0) is 24.2. The number of halogens is 2. The first-order valence-corrected chi connectivity index (χ1v) is 12.5. The van der Waals surface area contributed by atoms with Crippen molar-refractivity contribution in [3.05, 3.63) is 39.9 Å². The SMILES string of the molecule is CC(C)[C@H](C(=O)OCC(=O)c1ccc([N+](=O)[O-])cc1)N1C(=O)[C@@H]2[C@H]3C[C@@H]([C@H](Br)[C@H]3Br)[C@@H]2C1=O. The summed E-state index contributed by atoms with van der Waals surface area (Å²) in [7, 11) is 0. The Morgan fingerprint density at radius 1 is 1.09 bits per heavy atom. The van der Waals surface area contributed by atoms with Gasteiger partial charge in [-0.15, -0.1) is 0 Å². The number of carbonyl (C=O) groups is 4. The number of hydrogen-bond acceptors (Lipinski definition) is 7. The van der Waals surface area contributed by atoms with E-state index in [9.17, 15) is 29.3 Å². The zero-order valence-electron chi connectivity index (χ0n) is 17.9. The number of fused-ring (bicyclic) bond motifs is 5. The summed E-state index contributed by atoms with van der Waals surface area (Å²) in [6.45, 7) is 2.84. The number of rotatable bonds is 7. The maximum atomic E-state index is 13.3. The minimum Gasteiger partial charge on any atom is -0.456 e. The van der Waals surface area contributed by atoms with Gasteiger partial charge in [-0.3, -0.25) is 29.4 Å². The number of imide groups is 1. The fourth-order valence-electron chi connectivity index (χ4n) is 5.40. The minimum absolute atomic E-state index is 0.0263. The van der Waals surface area contributed by atoms with Gasteiger partial charge in [0.2, 0.25) is 11.8 Å². The first kappa shape index (κ1) is 24.0. The summed E-state index contributed by atoms with van der Waals surface area (Å²) < 4.78 is 5.22. The Morgan fingerprint density at radius 3 is 2.06 bits per heavy atom. The largest absolute Gasteiger partial charge is 0.456 e. The van der Waals surface area contributed by atoms with E-state index in [0.29, 0.717) is 0 Å². The second-order valence-corrected chi connectivity index (χ2v) is 11.2. The third-order valence-electron chi connectivity index (χ3n) is 6.92. The van der Waals surface area contributed by atoms with Crippen LogP contribution < -0.4 is 0 Å². The number of ketones is 1. The predicted octanol–water partition coefficient (Wildman–Crippen LogP) is 3.12. The maximum Gasteiger partial charge on any atom is 0.330 e. The van der Waals surface area contributed by atoms with Crippen LogP contribution in [0.2, 0.25) is 0 Å². The molecule has 1 aliphatic heterocycles. The summed E-state index contributed by atoms with van der Waals surface area (Å²) in [6, 6.07) is 3.82. The average molecular weight is 586 g/mol. The Kier molecular flexibility index (Phi) is 6.47. The second-order valence-electron chi connectivity index (χ2n) is 9.07. The summed E-state index contributed by atoms with van der Waals surface area (Å²) in [5.41, 5.74) is -0.00826. The lowest BCUT2D eigenvalue weighted by Gasteiger charge is -2.28. The van der Waals surface area contributed by atoms with Crippen LogP contribution in [0.5, 0.6) is 0 Å². The van der Waals surface area contributed by atoms with Gasteiger partial charge in [0.05, 0.1) is 16.8 Å². The number of non-ortho nitro benzene ring substituents is 1. The monoisotopic (exact) mass is 584 g/mol. The number of carbonyl (C=O) groups excluding carboxylic acids is 4. The van der Waals surface area contributed by atoms with Crippen LogP contribution in [0, 0.1) is 39.7 Å². The average Bonchev–Trinajstić information content (AvgIpc) is 3.38. The molecule has 1 aromatic carbocycles. The Balaban J connectivity index is 1.47. The summed E-state index contributed by atoms with van der Waals surface area (Å²) in [5.74, 6) is -3.31. The number of hydrogen-bond donors (Lipinski definition) is 0. The number of benzene rings is 1. The lowest BCUT2D eigenvalue weighted by atomic mass is 9.81. The van der Waals surface area contributed by atoms with Crippen molar-refractivity contribution in [1.82, 2.24) is 4.90 Å². The first-order valence-electron chi connectivity index (χ1n) is 10.6. The van der Waals surface area contributed by atoms with Gasteiger partial charge in [-0.1, -0.05) is 45.7 Å². The third-order valence-corrected chi connectivity index (χ3v) is 10.1. The molecule has 176 valence electrons. The molecule has 9 nitrogen and oxygen atoms in total. The molecule has 0 spiro atoms. The lowest BCUT2D eigenvalue weighted by molar-refractivity contribution is -0.384. The molecular weight excluding hydrogens is 564 g/mol. The molecule has 1 saturated heterocycles. The number of Topliss-reactive ketones (excluding diaryl/α,β-unsaturated/α-hetero) is 1. The summed E-state index contributed by atoms with van der Waals surface area (Å²) in [5, 5.41) is 10.8. The Bertz CT molecular complexity index is 996. The van der Waals surface area contributed by atoms with Crippen LogP contribution in [0.25, 0.3) is 0 Å². The highest BCUT2D eigenvalue weighted by atomic mass is 79.9. The fraction of sp³-hybridized carbons (Fsp3) is 0.545. The van der Waals surface area contributed by atoms with Crippen molar-refractivity contribution < 1.29 is 28.8 Å². The second kappa shape index (κ2) is 8.90. The van der Waals surface area contributed by atoms with E-state index in [-0.39, 0.29) is 44.6 Å². The van der Waals surface area contributed by atoms with Crippen LogP contribution in [0.15, 0.2) is 24.3 Å². The van der Waals surface area contributed by atoms with Gasteiger partial charge in [-0.2, -0.15) is 0 Å². The Hall–Kier alpha value is -2.14. The van der Waals surface area contributed by atoms with Crippen molar-refractivity contribution in [3.63, 3.8) is 0 Å². The van der Waals surface area contributed by atoms with Gasteiger partial charge in [-0.25, -0.2) is 4.79 Å². The normalized spacial score (nSPS) is 31.1. The molecule has 0 N–H and O–H groups in total. The molecule has 0 aromatic heterocycles. The Labute approximate surface area is 206 Å². The van der Waals surface area contributed by atoms with Crippen LogP contribution in [0.1, 0.15) is 30.6 Å². The number of nitro groups is 1. The molecule has 1 aromatic rings. The van der Waals surface area contributed by atoms with Crippen molar-refractivity contribution in [2.45, 2.75) is 36.0 Å². The fourth-order valence-corrected chi connectivity index (χ4v) is 7.27. The van der Waals surface area contributed by atoms with Crippen molar-refractivity contribution in [3.8, 4) is 0 Å². The molecule has 2 amide bonds. The molecule has 3 fully saturated rings. The van der Waals surface area contributed by atoms with Gasteiger partial charge in [0, 0.05) is 27.4 Å². The number of nitrogens with zero attached hydrogens (tertiary/aromatic N) is 2. The molecule has 11 heteroatoms. The highest BCUT2D eigenvalue weighted by molar-refractivity contribution is 9.12. The Morgan fingerprint density at radius 2 is 1.61 bits per heavy atom. The number of amides is 2. The standard InChI is InChI=1S/C22H22Br2N2O7/c1-9(2)19(22(30)33-8-14(27)10-3-5-11(6-4-10)26(31)32)25-20(28)15-12-7-13(16(15)21(25)29)18(24)17(12)23/h3-6,9,12-13,15-19H,7-8H2,1-2H3/t12-,13-,15-,16+,17+,18+,19-/m1/s1. The van der Waals surface area contributed by atoms with Crippen LogP contribution in [-0.4, -0.2) is 55.7 Å². The first-order chi connectivity index (χ1) is 15.5. The molecule has 0 radical (unpaired) electrons. The lowest BCUT2D eigenvalue weighted by Crippen LogP contribution is -2.50. The van der Waals surface area contributed by atoms with E-state index < -0.39 is 47.1 Å². The number of ether oxygens (including phenoxy) is 1. The van der Waals surface area contributed by atoms with Gasteiger partial charge in [-0.05, 0) is 36.3 Å². The molecule has 3 aliphatic rings. The maximum absolute atomic E-state index is 13.3. The van der Waals surface area contributed by atoms with E-state index in [1.165, 1.54) is 24.3 Å². The van der Waals surface area contributed by atoms with E-state index in [4.69, 9.17) is 4.74 Å². The van der Waals surface area contributed by atoms with Gasteiger partial charge >= 0.3 is 5.97 Å². The smallest absolute Gasteiger partial charge is 0.330 e. The van der Waals surface area contributed by atoms with E-state index >= 15 is 0 Å². The van der Waals surface area contributed by atoms with Gasteiger partial charge in [0.1, 0.15) is 6.04 Å². The molecule has 7 atom stereocenters. The van der Waals surface area contributed by atoms with Crippen molar-refractivity contribution >= 4 is 61.1 Å². The van der Waals surface area contributed by atoms with Crippen molar-refractivity contribution in [1.29, 1.82) is 0 Å². The number of alkyl halides is 2. The summed E-state index contributed by atoms with van der Waals surface area (Å²) in [6.07, 6.45) is 0.785. The van der Waals surface area contributed by atoms with Crippen molar-refractivity contribution in [2.75, 3.05) is 6.61 Å². The van der Waals surface area contributed by atoms with E-state index in [0.717, 1.165) is 11.3 Å². The van der Waals surface area contributed by atoms with Crippen LogP contribution in [0.4, 0.5) is 5.69 Å². The molecule has 0 unspecified atom stereocenters. The topological polar surface area (TPSA) is 124 Å². The van der Waals surface area contributed by atoms with Crippen molar-refractivity contribution in [2.24, 2.45) is 29.6 Å². The van der Waals surface area contributed by atoms with Gasteiger partial charge in [0.15, 0.2) is 12.4 Å². The van der Waals surface area contributed by atoms with Crippen LogP contribution in [-0.2, 0) is 19.1 Å². The van der Waals surface area contributed by atoms with Gasteiger partial charge in [0.25, 0.3) is 5.69 Å². The van der Waals surface area contributed by atoms with Crippen LogP contribution in [0.3, 0.4) is 0 Å². The molecule has 1 heterocycles.